The van der Waals surface area contributed by atoms with Crippen molar-refractivity contribution in [3.63, 3.8) is 0 Å². The van der Waals surface area contributed by atoms with E-state index in [4.69, 9.17) is 14.2 Å². The Morgan fingerprint density at radius 3 is 2.50 bits per heavy atom. The maximum absolute atomic E-state index is 12.3. The van der Waals surface area contributed by atoms with Gasteiger partial charge in [0, 0.05) is 24.5 Å². The molecule has 1 aliphatic rings. The first-order chi connectivity index (χ1) is 14.5. The van der Waals surface area contributed by atoms with Gasteiger partial charge in [0.25, 0.3) is 5.91 Å². The van der Waals surface area contributed by atoms with E-state index in [9.17, 15) is 9.59 Å². The summed E-state index contributed by atoms with van der Waals surface area (Å²) in [5.74, 6) is -0.118. The first kappa shape index (κ1) is 21.6. The summed E-state index contributed by atoms with van der Waals surface area (Å²) in [6.07, 6.45) is -0.824. The van der Waals surface area contributed by atoms with Crippen molar-refractivity contribution in [1.82, 2.24) is 0 Å². The molecule has 1 saturated heterocycles. The molecule has 2 aromatic carbocycles. The van der Waals surface area contributed by atoms with Crippen molar-refractivity contribution >= 4 is 23.3 Å². The van der Waals surface area contributed by atoms with Gasteiger partial charge in [-0.2, -0.15) is 0 Å². The van der Waals surface area contributed by atoms with Gasteiger partial charge in [0.2, 0.25) is 0 Å². The van der Waals surface area contributed by atoms with Gasteiger partial charge in [-0.15, -0.1) is 0 Å². The Hall–Kier alpha value is -3.06. The molecule has 0 bridgehead atoms. The van der Waals surface area contributed by atoms with Crippen molar-refractivity contribution in [2.45, 2.75) is 26.4 Å². The molecule has 0 aromatic heterocycles. The number of ether oxygens (including phenoxy) is 3. The molecule has 1 amide bonds. The smallest absolute Gasteiger partial charge is 0.310 e. The van der Waals surface area contributed by atoms with Crippen LogP contribution in [0.2, 0.25) is 0 Å². The van der Waals surface area contributed by atoms with Gasteiger partial charge < -0.3 is 24.4 Å². The molecule has 3 rings (SSSR count). The Labute approximate surface area is 176 Å². The Morgan fingerprint density at radius 2 is 1.80 bits per heavy atom. The summed E-state index contributed by atoms with van der Waals surface area (Å²) < 4.78 is 16.2. The van der Waals surface area contributed by atoms with Gasteiger partial charge in [0.15, 0.2) is 6.10 Å². The number of hydrogen-bond acceptors (Lipinski definition) is 6. The van der Waals surface area contributed by atoms with E-state index >= 15 is 0 Å². The second kappa shape index (κ2) is 10.6. The van der Waals surface area contributed by atoms with Crippen LogP contribution in [0.25, 0.3) is 0 Å². The first-order valence-corrected chi connectivity index (χ1v) is 10.1. The molecule has 0 unspecified atom stereocenters. The topological polar surface area (TPSA) is 77.1 Å². The average molecular weight is 412 g/mol. The number of amides is 1. The standard InChI is InChI=1S/C23H28N2O5/c1-17-5-3-4-6-21(17)29-14-11-22(26)30-18(2)23(27)24-19-7-9-20(10-8-19)25-12-15-28-16-13-25/h3-10,18H,11-16H2,1-2H3,(H,24,27)/t18-/m0/s1. The summed E-state index contributed by atoms with van der Waals surface area (Å²) in [5.41, 5.74) is 2.74. The minimum Gasteiger partial charge on any atom is -0.493 e. The van der Waals surface area contributed by atoms with Crippen molar-refractivity contribution in [3.8, 4) is 5.75 Å². The zero-order valence-corrected chi connectivity index (χ0v) is 17.4. The summed E-state index contributed by atoms with van der Waals surface area (Å²) >= 11 is 0. The maximum Gasteiger partial charge on any atom is 0.310 e. The fraction of sp³-hybridized carbons (Fsp3) is 0.391. The molecule has 0 spiro atoms. The summed E-state index contributed by atoms with van der Waals surface area (Å²) in [6.45, 7) is 6.83. The van der Waals surface area contributed by atoms with Crippen LogP contribution in [0.4, 0.5) is 11.4 Å². The molecule has 0 aliphatic carbocycles. The molecule has 1 atom stereocenters. The molecule has 7 heteroatoms. The van der Waals surface area contributed by atoms with Crippen molar-refractivity contribution in [2.75, 3.05) is 43.1 Å². The van der Waals surface area contributed by atoms with E-state index in [1.54, 1.807) is 6.92 Å². The number of morpholine rings is 1. The Bertz CT molecular complexity index is 847. The van der Waals surface area contributed by atoms with Crippen molar-refractivity contribution in [1.29, 1.82) is 0 Å². The van der Waals surface area contributed by atoms with E-state index in [-0.39, 0.29) is 18.9 Å². The normalized spacial score (nSPS) is 14.7. The number of anilines is 2. The SMILES string of the molecule is Cc1ccccc1OCCC(=O)O[C@@H](C)C(=O)Nc1ccc(N2CCOCC2)cc1. The number of benzene rings is 2. The minimum atomic E-state index is -0.894. The highest BCUT2D eigenvalue weighted by Gasteiger charge is 2.18. The van der Waals surface area contributed by atoms with Crippen LogP contribution in [0, 0.1) is 6.92 Å². The van der Waals surface area contributed by atoms with Crippen molar-refractivity contribution < 1.29 is 23.8 Å². The number of carbonyl (C=O) groups excluding carboxylic acids is 2. The fourth-order valence-corrected chi connectivity index (χ4v) is 3.09. The summed E-state index contributed by atoms with van der Waals surface area (Å²) in [6, 6.07) is 15.2. The van der Waals surface area contributed by atoms with E-state index in [1.165, 1.54) is 0 Å². The number of carbonyl (C=O) groups is 2. The lowest BCUT2D eigenvalue weighted by Gasteiger charge is -2.28. The average Bonchev–Trinajstić information content (AvgIpc) is 2.76. The van der Waals surface area contributed by atoms with Gasteiger partial charge in [0.1, 0.15) is 5.75 Å². The molecule has 1 aliphatic heterocycles. The third kappa shape index (κ3) is 6.22. The number of aryl methyl sites for hydroxylation is 1. The van der Waals surface area contributed by atoms with E-state index in [1.807, 2.05) is 55.5 Å². The van der Waals surface area contributed by atoms with Gasteiger partial charge in [-0.1, -0.05) is 18.2 Å². The summed E-state index contributed by atoms with van der Waals surface area (Å²) in [7, 11) is 0. The number of hydrogen-bond donors (Lipinski definition) is 1. The summed E-state index contributed by atoms with van der Waals surface area (Å²) in [5, 5.41) is 2.78. The highest BCUT2D eigenvalue weighted by Crippen LogP contribution is 2.19. The monoisotopic (exact) mass is 412 g/mol. The van der Waals surface area contributed by atoms with Crippen LogP contribution >= 0.6 is 0 Å². The molecule has 1 heterocycles. The molecular weight excluding hydrogens is 384 g/mol. The van der Waals surface area contributed by atoms with Gasteiger partial charge in [-0.05, 0) is 49.7 Å². The predicted octanol–water partition coefficient (Wildman–Crippen LogP) is 3.17. The van der Waals surface area contributed by atoms with Crippen LogP contribution in [0.3, 0.4) is 0 Å². The van der Waals surface area contributed by atoms with Crippen LogP contribution < -0.4 is 15.0 Å². The molecule has 30 heavy (non-hydrogen) atoms. The molecule has 0 radical (unpaired) electrons. The zero-order chi connectivity index (χ0) is 21.3. The van der Waals surface area contributed by atoms with Gasteiger partial charge in [-0.25, -0.2) is 0 Å². The van der Waals surface area contributed by atoms with E-state index < -0.39 is 12.1 Å². The third-order valence-electron chi connectivity index (χ3n) is 4.85. The highest BCUT2D eigenvalue weighted by atomic mass is 16.5. The molecular formula is C23H28N2O5. The van der Waals surface area contributed by atoms with Gasteiger partial charge >= 0.3 is 5.97 Å². The third-order valence-corrected chi connectivity index (χ3v) is 4.85. The molecule has 0 saturated carbocycles. The highest BCUT2D eigenvalue weighted by molar-refractivity contribution is 5.95. The molecule has 2 aromatic rings. The van der Waals surface area contributed by atoms with Crippen molar-refractivity contribution in [3.05, 3.63) is 54.1 Å². The second-order valence-electron chi connectivity index (χ2n) is 7.13. The largest absolute Gasteiger partial charge is 0.493 e. The predicted molar refractivity (Wildman–Crippen MR) is 115 cm³/mol. The lowest BCUT2D eigenvalue weighted by molar-refractivity contribution is -0.153. The van der Waals surface area contributed by atoms with Crippen LogP contribution in [-0.4, -0.2) is 50.9 Å². The number of rotatable bonds is 8. The summed E-state index contributed by atoms with van der Waals surface area (Å²) in [4.78, 5) is 26.6. The zero-order valence-electron chi connectivity index (χ0n) is 17.4. The maximum atomic E-state index is 12.3. The van der Waals surface area contributed by atoms with E-state index in [2.05, 4.69) is 10.2 Å². The number of nitrogens with one attached hydrogen (secondary N) is 1. The van der Waals surface area contributed by atoms with E-state index in [0.29, 0.717) is 5.69 Å². The Kier molecular flexibility index (Phi) is 7.68. The quantitative estimate of drug-likeness (QED) is 0.671. The minimum absolute atomic E-state index is 0.0696. The van der Waals surface area contributed by atoms with Crippen LogP contribution in [0.5, 0.6) is 5.75 Å². The van der Waals surface area contributed by atoms with Crippen LogP contribution in [0.15, 0.2) is 48.5 Å². The molecule has 1 N–H and O–H groups in total. The lowest BCUT2D eigenvalue weighted by Crippen LogP contribution is -2.36. The number of nitrogens with zero attached hydrogens (tertiary/aromatic N) is 1. The molecule has 160 valence electrons. The van der Waals surface area contributed by atoms with Crippen LogP contribution in [0.1, 0.15) is 18.9 Å². The van der Waals surface area contributed by atoms with Gasteiger partial charge in [0.05, 0.1) is 26.2 Å². The molecule has 7 nitrogen and oxygen atoms in total. The number of esters is 1. The molecule has 1 fully saturated rings. The van der Waals surface area contributed by atoms with E-state index in [0.717, 1.165) is 43.3 Å². The fourth-order valence-electron chi connectivity index (χ4n) is 3.09. The van der Waals surface area contributed by atoms with Crippen molar-refractivity contribution in [2.24, 2.45) is 0 Å². The first-order valence-electron chi connectivity index (χ1n) is 10.1. The Balaban J connectivity index is 1.41. The lowest BCUT2D eigenvalue weighted by atomic mass is 10.2. The van der Waals surface area contributed by atoms with Crippen LogP contribution in [-0.2, 0) is 19.1 Å². The Morgan fingerprint density at radius 1 is 1.10 bits per heavy atom. The second-order valence-corrected chi connectivity index (χ2v) is 7.13. The number of para-hydroxylation sites is 1. The van der Waals surface area contributed by atoms with Gasteiger partial charge in [-0.3, -0.25) is 9.59 Å².